The standard InChI is InChI=1S/C20H12BrFN2O3/c21-12-5-7-13(8-6-12)24-20(26)16(19(25)23-24)11-14-9-10-18(27-14)15-3-1-2-4-17(15)22/h1-11H,(H,23,25). The molecule has 1 N–H and O–H groups in total. The van der Waals surface area contributed by atoms with Crippen molar-refractivity contribution in [1.82, 2.24) is 5.43 Å². The van der Waals surface area contributed by atoms with Crippen molar-refractivity contribution in [2.24, 2.45) is 0 Å². The van der Waals surface area contributed by atoms with E-state index in [1.807, 2.05) is 0 Å². The molecule has 0 aliphatic carbocycles. The van der Waals surface area contributed by atoms with Crippen molar-refractivity contribution in [3.8, 4) is 11.3 Å². The second kappa shape index (κ2) is 6.85. The number of amides is 2. The maximum atomic E-state index is 13.9. The van der Waals surface area contributed by atoms with Crippen LogP contribution in [0.3, 0.4) is 0 Å². The van der Waals surface area contributed by atoms with Gasteiger partial charge in [0.25, 0.3) is 11.8 Å². The molecule has 27 heavy (non-hydrogen) atoms. The Morgan fingerprint density at radius 3 is 2.48 bits per heavy atom. The number of carbonyl (C=O) groups excluding carboxylic acids is 2. The van der Waals surface area contributed by atoms with Gasteiger partial charge in [-0.1, -0.05) is 28.1 Å². The van der Waals surface area contributed by atoms with E-state index in [9.17, 15) is 14.0 Å². The van der Waals surface area contributed by atoms with E-state index in [-0.39, 0.29) is 11.3 Å². The topological polar surface area (TPSA) is 62.6 Å². The number of nitrogens with one attached hydrogen (secondary N) is 1. The molecule has 5 nitrogen and oxygen atoms in total. The van der Waals surface area contributed by atoms with Crippen molar-refractivity contribution in [1.29, 1.82) is 0 Å². The highest BCUT2D eigenvalue weighted by Gasteiger charge is 2.34. The van der Waals surface area contributed by atoms with Crippen LogP contribution in [0.15, 0.2) is 75.1 Å². The fraction of sp³-hybridized carbons (Fsp3) is 0. The van der Waals surface area contributed by atoms with Crippen molar-refractivity contribution in [3.63, 3.8) is 0 Å². The Hall–Kier alpha value is -3.19. The van der Waals surface area contributed by atoms with E-state index in [2.05, 4.69) is 21.4 Å². The van der Waals surface area contributed by atoms with Crippen LogP contribution in [0.25, 0.3) is 17.4 Å². The third-order valence-electron chi connectivity index (χ3n) is 4.03. The first-order valence-electron chi connectivity index (χ1n) is 8.00. The molecule has 4 rings (SSSR count). The molecule has 0 unspecified atom stereocenters. The van der Waals surface area contributed by atoms with E-state index in [4.69, 9.17) is 4.42 Å². The smallest absolute Gasteiger partial charge is 0.282 e. The minimum atomic E-state index is -0.535. The summed E-state index contributed by atoms with van der Waals surface area (Å²) in [5, 5.41) is 1.17. The molecule has 1 saturated heterocycles. The molecule has 2 amide bonds. The molecule has 0 bridgehead atoms. The lowest BCUT2D eigenvalue weighted by Gasteiger charge is -2.14. The lowest BCUT2D eigenvalue weighted by atomic mass is 10.1. The van der Waals surface area contributed by atoms with Crippen molar-refractivity contribution in [2.45, 2.75) is 0 Å². The van der Waals surface area contributed by atoms with Crippen LogP contribution in [-0.2, 0) is 9.59 Å². The van der Waals surface area contributed by atoms with E-state index in [1.54, 1.807) is 54.6 Å². The lowest BCUT2D eigenvalue weighted by molar-refractivity contribution is -0.117. The van der Waals surface area contributed by atoms with Crippen molar-refractivity contribution in [3.05, 3.63) is 82.3 Å². The molecular formula is C20H12BrFN2O3. The van der Waals surface area contributed by atoms with Crippen LogP contribution in [0.2, 0.25) is 0 Å². The van der Waals surface area contributed by atoms with Gasteiger partial charge in [-0.2, -0.15) is 0 Å². The van der Waals surface area contributed by atoms with Crippen molar-refractivity contribution < 1.29 is 18.4 Å². The molecule has 2 aromatic carbocycles. The predicted molar refractivity (Wildman–Crippen MR) is 102 cm³/mol. The maximum Gasteiger partial charge on any atom is 0.282 e. The summed E-state index contributed by atoms with van der Waals surface area (Å²) >= 11 is 3.32. The minimum absolute atomic E-state index is 0.0626. The summed E-state index contributed by atoms with van der Waals surface area (Å²) in [7, 11) is 0. The Balaban J connectivity index is 1.63. The van der Waals surface area contributed by atoms with Crippen LogP contribution in [-0.4, -0.2) is 11.8 Å². The zero-order valence-corrected chi connectivity index (χ0v) is 15.4. The molecule has 0 spiro atoms. The lowest BCUT2D eigenvalue weighted by Crippen LogP contribution is -2.35. The largest absolute Gasteiger partial charge is 0.457 e. The fourth-order valence-corrected chi connectivity index (χ4v) is 2.97. The van der Waals surface area contributed by atoms with Crippen molar-refractivity contribution >= 4 is 39.5 Å². The van der Waals surface area contributed by atoms with E-state index >= 15 is 0 Å². The molecule has 1 aromatic heterocycles. The molecule has 7 heteroatoms. The Bertz CT molecular complexity index is 1070. The van der Waals surface area contributed by atoms with Crippen molar-refractivity contribution in [2.75, 3.05) is 5.01 Å². The molecule has 3 aromatic rings. The average Bonchev–Trinajstić information content (AvgIpc) is 3.23. The summed E-state index contributed by atoms with van der Waals surface area (Å²) in [4.78, 5) is 24.8. The SMILES string of the molecule is O=C1NN(c2ccc(Br)cc2)C(=O)C1=Cc1ccc(-c2ccccc2F)o1. The molecule has 0 atom stereocenters. The third kappa shape index (κ3) is 3.29. The zero-order valence-electron chi connectivity index (χ0n) is 13.8. The van der Waals surface area contributed by atoms with Crippen LogP contribution in [0.1, 0.15) is 5.76 Å². The molecule has 2 heterocycles. The Labute approximate surface area is 162 Å². The van der Waals surface area contributed by atoms with Gasteiger partial charge in [0, 0.05) is 4.47 Å². The Morgan fingerprint density at radius 1 is 1.00 bits per heavy atom. The predicted octanol–water partition coefficient (Wildman–Crippen LogP) is 4.31. The third-order valence-corrected chi connectivity index (χ3v) is 4.56. The van der Waals surface area contributed by atoms with Gasteiger partial charge in [-0.25, -0.2) is 9.40 Å². The highest BCUT2D eigenvalue weighted by Crippen LogP contribution is 2.27. The van der Waals surface area contributed by atoms with E-state index < -0.39 is 17.6 Å². The number of furan rings is 1. The molecule has 1 aliphatic heterocycles. The fourth-order valence-electron chi connectivity index (χ4n) is 2.71. The number of benzene rings is 2. The highest BCUT2D eigenvalue weighted by atomic mass is 79.9. The number of halogens is 2. The number of carbonyl (C=O) groups is 2. The first-order valence-corrected chi connectivity index (χ1v) is 8.80. The van der Waals surface area contributed by atoms with Gasteiger partial charge in [-0.3, -0.25) is 15.0 Å². The zero-order chi connectivity index (χ0) is 19.0. The quantitative estimate of drug-likeness (QED) is 0.501. The maximum absolute atomic E-state index is 13.9. The van der Waals surface area contributed by atoms with Gasteiger partial charge in [-0.05, 0) is 54.6 Å². The summed E-state index contributed by atoms with van der Waals surface area (Å²) in [6.45, 7) is 0. The normalized spacial score (nSPS) is 15.5. The molecule has 1 fully saturated rings. The first kappa shape index (κ1) is 17.2. The number of hydrazine groups is 1. The second-order valence-corrected chi connectivity index (χ2v) is 6.71. The Kier molecular flexibility index (Phi) is 4.37. The van der Waals surface area contributed by atoms with Gasteiger partial charge in [-0.15, -0.1) is 0 Å². The summed E-state index contributed by atoms with van der Waals surface area (Å²) < 4.78 is 20.3. The van der Waals surface area contributed by atoms with Gasteiger partial charge < -0.3 is 4.42 Å². The van der Waals surface area contributed by atoms with Gasteiger partial charge in [0.15, 0.2) is 0 Å². The van der Waals surface area contributed by atoms with E-state index in [0.717, 1.165) is 4.47 Å². The second-order valence-electron chi connectivity index (χ2n) is 5.80. The summed E-state index contributed by atoms with van der Waals surface area (Å²) in [6, 6.07) is 16.3. The van der Waals surface area contributed by atoms with Crippen LogP contribution >= 0.6 is 15.9 Å². The number of hydrogen-bond donors (Lipinski definition) is 1. The summed E-state index contributed by atoms with van der Waals surface area (Å²) in [6.07, 6.45) is 1.35. The first-order chi connectivity index (χ1) is 13.0. The number of hydrogen-bond acceptors (Lipinski definition) is 3. The molecule has 0 saturated carbocycles. The van der Waals surface area contributed by atoms with Crippen LogP contribution in [0.5, 0.6) is 0 Å². The molecule has 134 valence electrons. The number of nitrogens with zero attached hydrogens (tertiary/aromatic N) is 1. The average molecular weight is 427 g/mol. The summed E-state index contributed by atoms with van der Waals surface area (Å²) in [5.74, 6) is -0.847. The van der Waals surface area contributed by atoms with Gasteiger partial charge in [0.2, 0.25) is 0 Å². The number of rotatable bonds is 3. The monoisotopic (exact) mass is 426 g/mol. The van der Waals surface area contributed by atoms with E-state index in [1.165, 1.54) is 17.2 Å². The molecular weight excluding hydrogens is 415 g/mol. The highest BCUT2D eigenvalue weighted by molar-refractivity contribution is 9.10. The minimum Gasteiger partial charge on any atom is -0.457 e. The van der Waals surface area contributed by atoms with Gasteiger partial charge in [0.05, 0.1) is 11.3 Å². The van der Waals surface area contributed by atoms with E-state index in [0.29, 0.717) is 17.0 Å². The summed E-state index contributed by atoms with van der Waals surface area (Å²) in [5.41, 5.74) is 3.29. The number of anilines is 1. The van der Waals surface area contributed by atoms with Crippen LogP contribution < -0.4 is 10.4 Å². The van der Waals surface area contributed by atoms with Gasteiger partial charge in [0.1, 0.15) is 22.9 Å². The Morgan fingerprint density at radius 2 is 1.74 bits per heavy atom. The van der Waals surface area contributed by atoms with Gasteiger partial charge >= 0.3 is 0 Å². The van der Waals surface area contributed by atoms with Crippen LogP contribution in [0, 0.1) is 5.82 Å². The molecule has 0 radical (unpaired) electrons. The molecule has 1 aliphatic rings. The van der Waals surface area contributed by atoms with Crippen LogP contribution in [0.4, 0.5) is 10.1 Å².